The van der Waals surface area contributed by atoms with Gasteiger partial charge in [-0.2, -0.15) is 0 Å². The third-order valence-electron chi connectivity index (χ3n) is 4.70. The molecular formula is C24H25N3O. The summed E-state index contributed by atoms with van der Waals surface area (Å²) in [4.78, 5) is 16.5. The highest BCUT2D eigenvalue weighted by Gasteiger charge is 2.15. The largest absolute Gasteiger partial charge is 0.340 e. The number of carbonyl (C=O) groups excluding carboxylic acids is 1. The van der Waals surface area contributed by atoms with Gasteiger partial charge in [0.05, 0.1) is 0 Å². The fourth-order valence-corrected chi connectivity index (χ4v) is 3.05. The minimum atomic E-state index is -0.234. The molecule has 0 fully saturated rings. The van der Waals surface area contributed by atoms with Crippen molar-refractivity contribution in [1.82, 2.24) is 0 Å². The fourth-order valence-electron chi connectivity index (χ4n) is 3.05. The van der Waals surface area contributed by atoms with Crippen LogP contribution in [0.15, 0.2) is 95.8 Å². The number of nitrogens with one attached hydrogen (secondary N) is 2. The van der Waals surface area contributed by atoms with Crippen molar-refractivity contribution in [3.8, 4) is 0 Å². The highest BCUT2D eigenvalue weighted by molar-refractivity contribution is 5.99. The van der Waals surface area contributed by atoms with Crippen LogP contribution in [0.1, 0.15) is 31.7 Å². The van der Waals surface area contributed by atoms with Crippen LogP contribution in [0, 0.1) is 0 Å². The van der Waals surface area contributed by atoms with E-state index in [4.69, 9.17) is 4.99 Å². The Morgan fingerprint density at radius 1 is 1.14 bits per heavy atom. The Morgan fingerprint density at radius 3 is 2.64 bits per heavy atom. The van der Waals surface area contributed by atoms with Crippen molar-refractivity contribution in [2.45, 2.75) is 26.2 Å². The Morgan fingerprint density at radius 2 is 1.89 bits per heavy atom. The molecule has 2 N–H and O–H groups in total. The third-order valence-corrected chi connectivity index (χ3v) is 4.70. The number of benzene rings is 2. The number of anilines is 2. The lowest BCUT2D eigenvalue weighted by atomic mass is 9.94. The highest BCUT2D eigenvalue weighted by Crippen LogP contribution is 2.25. The zero-order chi connectivity index (χ0) is 19.9. The molecule has 1 unspecified atom stereocenters. The van der Waals surface area contributed by atoms with Gasteiger partial charge in [0.15, 0.2) is 0 Å². The average molecular weight is 371 g/mol. The summed E-state index contributed by atoms with van der Waals surface area (Å²) in [6.07, 6.45) is 6.32. The predicted octanol–water partition coefficient (Wildman–Crippen LogP) is 5.66. The summed E-state index contributed by atoms with van der Waals surface area (Å²) in [7, 11) is 0. The van der Waals surface area contributed by atoms with Crippen molar-refractivity contribution in [2.75, 3.05) is 10.6 Å². The van der Waals surface area contributed by atoms with Crippen molar-refractivity contribution in [3.05, 3.63) is 96.4 Å². The Labute approximate surface area is 166 Å². The highest BCUT2D eigenvalue weighted by atomic mass is 16.1. The van der Waals surface area contributed by atoms with Gasteiger partial charge in [-0.3, -0.25) is 4.79 Å². The van der Waals surface area contributed by atoms with Gasteiger partial charge in [0.25, 0.3) is 0 Å². The molecule has 0 bridgehead atoms. The molecule has 0 spiro atoms. The summed E-state index contributed by atoms with van der Waals surface area (Å²) in [5.74, 6) is 0.812. The molecule has 4 nitrogen and oxygen atoms in total. The lowest BCUT2D eigenvalue weighted by Crippen LogP contribution is -2.11. The maximum Gasteiger partial charge on any atom is 0.247 e. The molecule has 1 aliphatic rings. The monoisotopic (exact) mass is 371 g/mol. The molecule has 2 aromatic rings. The fraction of sp³-hybridized carbons (Fsp3) is 0.167. The number of aliphatic imine (C=N–C) groups is 1. The number of hydrogen-bond acceptors (Lipinski definition) is 3. The summed E-state index contributed by atoms with van der Waals surface area (Å²) in [5.41, 5.74) is 5.00. The molecule has 4 heteroatoms. The van der Waals surface area contributed by atoms with E-state index in [0.29, 0.717) is 5.69 Å². The van der Waals surface area contributed by atoms with E-state index in [1.807, 2.05) is 37.3 Å². The van der Waals surface area contributed by atoms with Gasteiger partial charge >= 0.3 is 0 Å². The Kier molecular flexibility index (Phi) is 6.22. The Balaban J connectivity index is 1.85. The van der Waals surface area contributed by atoms with Gasteiger partial charge in [0, 0.05) is 29.4 Å². The molecule has 28 heavy (non-hydrogen) atoms. The van der Waals surface area contributed by atoms with Crippen molar-refractivity contribution in [3.63, 3.8) is 0 Å². The molecular weight excluding hydrogens is 346 g/mol. The standard InChI is InChI=1S/C24H25N3O/c1-4-23(28)25-20-13-9-14-21(16-20)26-24-17(2)10-8-15-22(27-24)18(3)19-11-6-5-7-12-19/h4-14,16,18,26H,1,15H2,2-3H3,(H,25,28). The lowest BCUT2D eigenvalue weighted by Gasteiger charge is -2.16. The van der Waals surface area contributed by atoms with E-state index in [0.717, 1.165) is 29.2 Å². The Hall–Kier alpha value is -3.40. The maximum atomic E-state index is 11.5. The van der Waals surface area contributed by atoms with Crippen LogP contribution >= 0.6 is 0 Å². The van der Waals surface area contributed by atoms with E-state index in [-0.39, 0.29) is 11.8 Å². The van der Waals surface area contributed by atoms with E-state index >= 15 is 0 Å². The SMILES string of the molecule is C=CC(=O)Nc1cccc(NC2=C(C)C=CCC(C(C)c3ccccc3)=N2)c1. The van der Waals surface area contributed by atoms with Crippen molar-refractivity contribution >= 4 is 23.0 Å². The van der Waals surface area contributed by atoms with Gasteiger partial charge in [-0.25, -0.2) is 4.99 Å². The van der Waals surface area contributed by atoms with E-state index in [1.165, 1.54) is 11.6 Å². The minimum absolute atomic E-state index is 0.228. The first-order chi connectivity index (χ1) is 13.6. The molecule has 3 rings (SSSR count). The second kappa shape index (κ2) is 9.00. The average Bonchev–Trinajstić information content (AvgIpc) is 2.90. The third kappa shape index (κ3) is 4.86. The summed E-state index contributed by atoms with van der Waals surface area (Å²) in [5, 5.41) is 6.18. The zero-order valence-electron chi connectivity index (χ0n) is 16.3. The van der Waals surface area contributed by atoms with Crippen LogP contribution in [0.3, 0.4) is 0 Å². The normalized spacial score (nSPS) is 14.7. The predicted molar refractivity (Wildman–Crippen MR) is 118 cm³/mol. The van der Waals surface area contributed by atoms with Gasteiger partial charge in [-0.05, 0) is 42.3 Å². The van der Waals surface area contributed by atoms with Crippen LogP contribution in [-0.4, -0.2) is 11.6 Å². The smallest absolute Gasteiger partial charge is 0.247 e. The molecule has 142 valence electrons. The van der Waals surface area contributed by atoms with Crippen LogP contribution < -0.4 is 10.6 Å². The van der Waals surface area contributed by atoms with Gasteiger partial charge < -0.3 is 10.6 Å². The second-order valence-electron chi connectivity index (χ2n) is 6.77. The van der Waals surface area contributed by atoms with Crippen molar-refractivity contribution in [2.24, 2.45) is 4.99 Å². The van der Waals surface area contributed by atoms with Gasteiger partial charge in [0.2, 0.25) is 5.91 Å². The Bertz CT molecular complexity index is 955. The molecule has 0 saturated carbocycles. The van der Waals surface area contributed by atoms with Crippen LogP contribution in [-0.2, 0) is 4.79 Å². The van der Waals surface area contributed by atoms with Gasteiger partial charge in [-0.1, -0.05) is 62.1 Å². The molecule has 1 amide bonds. The quantitative estimate of drug-likeness (QED) is 0.644. The molecule has 2 aromatic carbocycles. The molecule has 1 heterocycles. The number of amides is 1. The first kappa shape index (κ1) is 19.4. The minimum Gasteiger partial charge on any atom is -0.340 e. The molecule has 0 aliphatic carbocycles. The first-order valence-corrected chi connectivity index (χ1v) is 9.37. The van der Waals surface area contributed by atoms with E-state index in [2.05, 4.69) is 60.6 Å². The van der Waals surface area contributed by atoms with Gasteiger partial charge in [0.1, 0.15) is 5.82 Å². The summed E-state index contributed by atoms with van der Waals surface area (Å²) in [6.45, 7) is 7.71. The van der Waals surface area contributed by atoms with Gasteiger partial charge in [-0.15, -0.1) is 0 Å². The van der Waals surface area contributed by atoms with E-state index in [1.54, 1.807) is 0 Å². The topological polar surface area (TPSA) is 53.5 Å². The number of hydrogen-bond donors (Lipinski definition) is 2. The number of nitrogens with zero attached hydrogens (tertiary/aromatic N) is 1. The first-order valence-electron chi connectivity index (χ1n) is 9.37. The summed E-state index contributed by atoms with van der Waals surface area (Å²) < 4.78 is 0. The molecule has 1 aliphatic heterocycles. The van der Waals surface area contributed by atoms with Crippen LogP contribution in [0.4, 0.5) is 11.4 Å². The lowest BCUT2D eigenvalue weighted by molar-refractivity contribution is -0.111. The summed E-state index contributed by atoms with van der Waals surface area (Å²) in [6, 6.07) is 18.0. The molecule has 0 aromatic heterocycles. The molecule has 1 atom stereocenters. The van der Waals surface area contributed by atoms with Crippen LogP contribution in [0.25, 0.3) is 0 Å². The van der Waals surface area contributed by atoms with Crippen molar-refractivity contribution in [1.29, 1.82) is 0 Å². The zero-order valence-corrected chi connectivity index (χ0v) is 16.3. The van der Waals surface area contributed by atoms with Crippen LogP contribution in [0.5, 0.6) is 0 Å². The van der Waals surface area contributed by atoms with Crippen molar-refractivity contribution < 1.29 is 4.79 Å². The van der Waals surface area contributed by atoms with Crippen LogP contribution in [0.2, 0.25) is 0 Å². The maximum absolute atomic E-state index is 11.5. The molecule has 0 radical (unpaired) electrons. The number of carbonyl (C=O) groups is 1. The second-order valence-corrected chi connectivity index (χ2v) is 6.77. The molecule has 0 saturated heterocycles. The van der Waals surface area contributed by atoms with E-state index < -0.39 is 0 Å². The van der Waals surface area contributed by atoms with E-state index in [9.17, 15) is 4.79 Å². The summed E-state index contributed by atoms with van der Waals surface area (Å²) >= 11 is 0. The number of rotatable bonds is 6. The number of allylic oxidation sites excluding steroid dienone is 3.